The topological polar surface area (TPSA) is 52.3 Å². The van der Waals surface area contributed by atoms with Crippen LogP contribution >= 0.6 is 0 Å². The lowest BCUT2D eigenvalue weighted by Crippen LogP contribution is -2.33. The lowest BCUT2D eigenvalue weighted by Gasteiger charge is -2.10. The molecule has 0 aliphatic rings. The molecule has 2 rings (SSSR count). The summed E-state index contributed by atoms with van der Waals surface area (Å²) in [5.41, 5.74) is 7.95. The summed E-state index contributed by atoms with van der Waals surface area (Å²) < 4.78 is 18.2. The Labute approximate surface area is 117 Å². The molecule has 3 nitrogen and oxygen atoms in total. The van der Waals surface area contributed by atoms with E-state index >= 15 is 0 Å². The van der Waals surface area contributed by atoms with E-state index in [9.17, 15) is 9.18 Å². The van der Waals surface area contributed by atoms with Gasteiger partial charge in [-0.3, -0.25) is 4.79 Å². The Kier molecular flexibility index (Phi) is 4.48. The minimum absolute atomic E-state index is 0.258. The van der Waals surface area contributed by atoms with Gasteiger partial charge in [-0.25, -0.2) is 4.39 Å². The number of hydrogen-bond acceptors (Lipinski definition) is 3. The van der Waals surface area contributed by atoms with Crippen molar-refractivity contribution < 1.29 is 13.9 Å². The van der Waals surface area contributed by atoms with Crippen molar-refractivity contribution >= 4 is 5.97 Å². The number of rotatable bonds is 4. The highest BCUT2D eigenvalue weighted by Crippen LogP contribution is 2.22. The number of nitrogens with two attached hydrogens (primary N) is 1. The summed E-state index contributed by atoms with van der Waals surface area (Å²) in [6.07, 6.45) is 0.393. The zero-order valence-corrected chi connectivity index (χ0v) is 11.2. The zero-order chi connectivity index (χ0) is 14.5. The van der Waals surface area contributed by atoms with Gasteiger partial charge in [-0.15, -0.1) is 0 Å². The van der Waals surface area contributed by atoms with Gasteiger partial charge in [0.2, 0.25) is 0 Å². The Morgan fingerprint density at radius 2 is 1.85 bits per heavy atom. The Morgan fingerprint density at radius 3 is 2.45 bits per heavy atom. The maximum atomic E-state index is 13.7. The van der Waals surface area contributed by atoms with Gasteiger partial charge in [-0.05, 0) is 23.6 Å². The second kappa shape index (κ2) is 6.30. The molecule has 0 aliphatic carbocycles. The summed E-state index contributed by atoms with van der Waals surface area (Å²) >= 11 is 0. The van der Waals surface area contributed by atoms with Gasteiger partial charge in [-0.1, -0.05) is 42.5 Å². The molecule has 0 bridgehead atoms. The van der Waals surface area contributed by atoms with Gasteiger partial charge in [0.15, 0.2) is 0 Å². The van der Waals surface area contributed by atoms with Crippen LogP contribution in [0.25, 0.3) is 11.1 Å². The van der Waals surface area contributed by atoms with E-state index in [1.165, 1.54) is 13.2 Å². The number of carbonyl (C=O) groups excluding carboxylic acids is 1. The highest BCUT2D eigenvalue weighted by atomic mass is 19.1. The molecule has 0 radical (unpaired) electrons. The van der Waals surface area contributed by atoms with E-state index in [1.54, 1.807) is 18.2 Å². The minimum atomic E-state index is -0.681. The first-order chi connectivity index (χ1) is 9.61. The second-order valence-electron chi connectivity index (χ2n) is 4.51. The first kappa shape index (κ1) is 14.2. The van der Waals surface area contributed by atoms with Crippen molar-refractivity contribution in [3.8, 4) is 11.1 Å². The SMILES string of the molecule is COC(=O)C(N)Cc1ccc(-c2ccccc2F)cc1. The molecule has 0 aromatic heterocycles. The Morgan fingerprint density at radius 1 is 1.20 bits per heavy atom. The molecule has 1 unspecified atom stereocenters. The fraction of sp³-hybridized carbons (Fsp3) is 0.188. The zero-order valence-electron chi connectivity index (χ0n) is 11.2. The van der Waals surface area contributed by atoms with Crippen LogP contribution in [0.4, 0.5) is 4.39 Å². The molecule has 0 saturated heterocycles. The molecular formula is C16H16FNO2. The molecule has 0 spiro atoms. The van der Waals surface area contributed by atoms with E-state index in [0.717, 1.165) is 11.1 Å². The molecule has 2 N–H and O–H groups in total. The Bertz CT molecular complexity index is 596. The van der Waals surface area contributed by atoms with Crippen LogP contribution in [0, 0.1) is 5.82 Å². The van der Waals surface area contributed by atoms with Crippen LogP contribution in [-0.2, 0) is 16.0 Å². The first-order valence-corrected chi connectivity index (χ1v) is 6.29. The number of carbonyl (C=O) groups is 1. The predicted molar refractivity (Wildman–Crippen MR) is 75.5 cm³/mol. The highest BCUT2D eigenvalue weighted by Gasteiger charge is 2.14. The quantitative estimate of drug-likeness (QED) is 0.871. The van der Waals surface area contributed by atoms with Crippen LogP contribution in [-0.4, -0.2) is 19.1 Å². The standard InChI is InChI=1S/C16H16FNO2/c1-20-16(19)15(18)10-11-6-8-12(9-7-11)13-4-2-3-5-14(13)17/h2-9,15H,10,18H2,1H3. The maximum absolute atomic E-state index is 13.7. The van der Waals surface area contributed by atoms with Gasteiger partial charge in [-0.2, -0.15) is 0 Å². The van der Waals surface area contributed by atoms with Crippen LogP contribution in [0.5, 0.6) is 0 Å². The normalized spacial score (nSPS) is 11.9. The van der Waals surface area contributed by atoms with Crippen molar-refractivity contribution in [1.82, 2.24) is 0 Å². The summed E-state index contributed by atoms with van der Waals surface area (Å²) in [5.74, 6) is -0.699. The summed E-state index contributed by atoms with van der Waals surface area (Å²) in [7, 11) is 1.31. The van der Waals surface area contributed by atoms with E-state index in [2.05, 4.69) is 4.74 Å². The lowest BCUT2D eigenvalue weighted by molar-refractivity contribution is -0.142. The maximum Gasteiger partial charge on any atom is 0.322 e. The van der Waals surface area contributed by atoms with E-state index < -0.39 is 12.0 Å². The fourth-order valence-electron chi connectivity index (χ4n) is 2.00. The van der Waals surface area contributed by atoms with Crippen LogP contribution in [0.3, 0.4) is 0 Å². The van der Waals surface area contributed by atoms with Crippen molar-refractivity contribution in [3.63, 3.8) is 0 Å². The molecule has 0 fully saturated rings. The Hall–Kier alpha value is -2.20. The average molecular weight is 273 g/mol. The summed E-state index contributed by atoms with van der Waals surface area (Å²) in [4.78, 5) is 11.3. The predicted octanol–water partition coefficient (Wildman–Crippen LogP) is 2.54. The molecule has 1 atom stereocenters. The molecule has 2 aromatic carbocycles. The second-order valence-corrected chi connectivity index (χ2v) is 4.51. The van der Waals surface area contributed by atoms with E-state index in [-0.39, 0.29) is 5.82 Å². The highest BCUT2D eigenvalue weighted by molar-refractivity contribution is 5.75. The van der Waals surface area contributed by atoms with Crippen molar-refractivity contribution in [1.29, 1.82) is 0 Å². The summed E-state index contributed by atoms with van der Waals surface area (Å²) in [5, 5.41) is 0. The molecular weight excluding hydrogens is 257 g/mol. The molecule has 20 heavy (non-hydrogen) atoms. The third-order valence-corrected chi connectivity index (χ3v) is 3.10. The van der Waals surface area contributed by atoms with E-state index in [0.29, 0.717) is 12.0 Å². The van der Waals surface area contributed by atoms with Gasteiger partial charge in [0.05, 0.1) is 7.11 Å². The van der Waals surface area contributed by atoms with Crippen LogP contribution < -0.4 is 5.73 Å². The van der Waals surface area contributed by atoms with E-state index in [4.69, 9.17) is 5.73 Å². The van der Waals surface area contributed by atoms with E-state index in [1.807, 2.05) is 24.3 Å². The van der Waals surface area contributed by atoms with Crippen molar-refractivity contribution in [2.45, 2.75) is 12.5 Å². The molecule has 0 aliphatic heterocycles. The lowest BCUT2D eigenvalue weighted by atomic mass is 10.0. The average Bonchev–Trinajstić information content (AvgIpc) is 2.48. The first-order valence-electron chi connectivity index (χ1n) is 6.29. The van der Waals surface area contributed by atoms with Crippen LogP contribution in [0.15, 0.2) is 48.5 Å². The van der Waals surface area contributed by atoms with Gasteiger partial charge >= 0.3 is 5.97 Å². The van der Waals surface area contributed by atoms with Crippen molar-refractivity contribution in [2.24, 2.45) is 5.73 Å². The number of ether oxygens (including phenoxy) is 1. The van der Waals surface area contributed by atoms with Gasteiger partial charge < -0.3 is 10.5 Å². The number of benzene rings is 2. The summed E-state index contributed by atoms with van der Waals surface area (Å²) in [6, 6.07) is 13.2. The Balaban J connectivity index is 2.15. The molecule has 4 heteroatoms. The fourth-order valence-corrected chi connectivity index (χ4v) is 2.00. The minimum Gasteiger partial charge on any atom is -0.468 e. The van der Waals surface area contributed by atoms with Crippen molar-refractivity contribution in [2.75, 3.05) is 7.11 Å². The molecule has 104 valence electrons. The third kappa shape index (κ3) is 3.22. The van der Waals surface area contributed by atoms with Gasteiger partial charge in [0.1, 0.15) is 11.9 Å². The van der Waals surface area contributed by atoms with Crippen LogP contribution in [0.1, 0.15) is 5.56 Å². The van der Waals surface area contributed by atoms with Gasteiger partial charge in [0.25, 0.3) is 0 Å². The molecule has 2 aromatic rings. The monoisotopic (exact) mass is 273 g/mol. The molecule has 0 saturated carbocycles. The van der Waals surface area contributed by atoms with Crippen LogP contribution in [0.2, 0.25) is 0 Å². The van der Waals surface area contributed by atoms with Crippen molar-refractivity contribution in [3.05, 3.63) is 59.9 Å². The number of hydrogen-bond donors (Lipinski definition) is 1. The largest absolute Gasteiger partial charge is 0.468 e. The van der Waals surface area contributed by atoms with Gasteiger partial charge in [0, 0.05) is 5.56 Å². The summed E-state index contributed by atoms with van der Waals surface area (Å²) in [6.45, 7) is 0. The number of halogens is 1. The molecule has 0 heterocycles. The number of esters is 1. The smallest absolute Gasteiger partial charge is 0.322 e. The third-order valence-electron chi connectivity index (χ3n) is 3.10. The molecule has 0 amide bonds. The number of methoxy groups -OCH3 is 1.